The van der Waals surface area contributed by atoms with E-state index in [4.69, 9.17) is 0 Å². The lowest BCUT2D eigenvalue weighted by molar-refractivity contribution is 0.518. The highest BCUT2D eigenvalue weighted by atomic mass is 32.1. The highest BCUT2D eigenvalue weighted by Crippen LogP contribution is 2.39. The second-order valence-electron chi connectivity index (χ2n) is 12.9. The number of nitrogens with zero attached hydrogens (tertiary/aromatic N) is 1. The molecule has 0 aliphatic heterocycles. The lowest BCUT2D eigenvalue weighted by Crippen LogP contribution is -1.97. The van der Waals surface area contributed by atoms with E-state index in [-0.39, 0.29) is 0 Å². The number of aryl methyl sites for hydroxylation is 1. The number of hydrogen-bond donors (Lipinski definition) is 0. The fourth-order valence-electron chi connectivity index (χ4n) is 7.03. The maximum atomic E-state index is 2.60. The predicted octanol–water partition coefficient (Wildman–Crippen LogP) is 14.0. The number of hydrogen-bond acceptors (Lipinski definition) is 1. The van der Waals surface area contributed by atoms with Gasteiger partial charge >= 0.3 is 0 Å². The molecule has 0 spiro atoms. The molecule has 0 fully saturated rings. The van der Waals surface area contributed by atoms with E-state index in [0.29, 0.717) is 0 Å². The number of para-hydroxylation sites is 1. The summed E-state index contributed by atoms with van der Waals surface area (Å²) in [6.07, 6.45) is 28.7. The van der Waals surface area contributed by atoms with Gasteiger partial charge in [-0.1, -0.05) is 165 Å². The minimum atomic E-state index is 1.12. The minimum absolute atomic E-state index is 1.12. The maximum Gasteiger partial charge on any atom is 0.0498 e. The second kappa shape index (κ2) is 17.1. The zero-order valence-corrected chi connectivity index (χ0v) is 27.3. The van der Waals surface area contributed by atoms with Crippen LogP contribution in [0.25, 0.3) is 42.0 Å². The normalized spacial score (nSPS) is 12.0. The summed E-state index contributed by atoms with van der Waals surface area (Å²) < 4.78 is 5.40. The van der Waals surface area contributed by atoms with Gasteiger partial charge in [0, 0.05) is 48.5 Å². The highest BCUT2D eigenvalue weighted by Gasteiger charge is 2.14. The fraction of sp³-hybridized carbons (Fsp3) is 0.550. The molecule has 226 valence electrons. The van der Waals surface area contributed by atoms with Crippen molar-refractivity contribution in [1.29, 1.82) is 0 Å². The minimum Gasteiger partial charge on any atom is -0.340 e. The Balaban J connectivity index is 0.958. The molecule has 5 rings (SSSR count). The van der Waals surface area contributed by atoms with Gasteiger partial charge in [0.1, 0.15) is 0 Å². The van der Waals surface area contributed by atoms with Gasteiger partial charge in [-0.3, -0.25) is 0 Å². The van der Waals surface area contributed by atoms with Crippen LogP contribution in [0.1, 0.15) is 135 Å². The van der Waals surface area contributed by atoms with Crippen molar-refractivity contribution in [2.45, 2.75) is 142 Å². The molecule has 5 aromatic rings. The number of aromatic nitrogens is 1. The molecule has 0 radical (unpaired) electrons. The molecule has 0 saturated carbocycles. The summed E-state index contributed by atoms with van der Waals surface area (Å²) in [5.74, 6) is 0. The Kier molecular flexibility index (Phi) is 12.7. The molecule has 2 heterocycles. The van der Waals surface area contributed by atoms with E-state index in [1.807, 2.05) is 11.3 Å². The van der Waals surface area contributed by atoms with Gasteiger partial charge in [0.2, 0.25) is 0 Å². The Morgan fingerprint density at radius 2 is 0.929 bits per heavy atom. The summed E-state index contributed by atoms with van der Waals surface area (Å²) in [6.45, 7) is 3.43. The van der Waals surface area contributed by atoms with E-state index < -0.39 is 0 Å². The van der Waals surface area contributed by atoms with Crippen LogP contribution in [0.15, 0.2) is 60.7 Å². The summed E-state index contributed by atoms with van der Waals surface area (Å²) in [5, 5.41) is 5.63. The van der Waals surface area contributed by atoms with Gasteiger partial charge in [0.15, 0.2) is 0 Å². The average molecular weight is 582 g/mol. The number of thiophene rings is 1. The van der Waals surface area contributed by atoms with Gasteiger partial charge in [-0.15, -0.1) is 11.3 Å². The molecule has 3 aromatic carbocycles. The van der Waals surface area contributed by atoms with Crippen LogP contribution in [-0.2, 0) is 6.54 Å². The molecular formula is C40H55NS. The Morgan fingerprint density at radius 3 is 1.52 bits per heavy atom. The number of fused-ring (bicyclic) bond motifs is 6. The molecule has 0 N–H and O–H groups in total. The molecule has 2 heteroatoms. The summed E-state index contributed by atoms with van der Waals surface area (Å²) >= 11 is 1.93. The summed E-state index contributed by atoms with van der Waals surface area (Å²) in [7, 11) is 0. The first-order chi connectivity index (χ1) is 20.9. The molecule has 0 bridgehead atoms. The first kappa shape index (κ1) is 31.1. The molecule has 0 aliphatic carbocycles. The van der Waals surface area contributed by atoms with Crippen molar-refractivity contribution in [2.24, 2.45) is 0 Å². The Hall–Kier alpha value is -2.32. The second-order valence-corrected chi connectivity index (χ2v) is 13.9. The quantitative estimate of drug-likeness (QED) is 0.0759. The van der Waals surface area contributed by atoms with E-state index in [1.54, 1.807) is 0 Å². The number of unbranched alkanes of at least 4 members (excludes halogenated alkanes) is 19. The fourth-order valence-corrected chi connectivity index (χ4v) is 8.16. The van der Waals surface area contributed by atoms with Crippen LogP contribution in [0.2, 0.25) is 0 Å². The van der Waals surface area contributed by atoms with Crippen molar-refractivity contribution in [1.82, 2.24) is 4.57 Å². The first-order valence-corrected chi connectivity index (χ1v) is 18.5. The predicted molar refractivity (Wildman–Crippen MR) is 190 cm³/mol. The van der Waals surface area contributed by atoms with Gasteiger partial charge in [0.25, 0.3) is 0 Å². The van der Waals surface area contributed by atoms with Crippen molar-refractivity contribution >= 4 is 53.3 Å². The molecule has 0 aliphatic rings. The Bertz CT molecular complexity index is 1490. The van der Waals surface area contributed by atoms with Gasteiger partial charge in [-0.2, -0.15) is 0 Å². The van der Waals surface area contributed by atoms with E-state index in [1.165, 1.54) is 170 Å². The third-order valence-corrected chi connectivity index (χ3v) is 10.6. The highest BCUT2D eigenvalue weighted by molar-refractivity contribution is 7.25. The van der Waals surface area contributed by atoms with Crippen molar-refractivity contribution in [3.05, 3.63) is 60.7 Å². The first-order valence-electron chi connectivity index (χ1n) is 17.7. The largest absolute Gasteiger partial charge is 0.340 e. The van der Waals surface area contributed by atoms with Crippen LogP contribution < -0.4 is 0 Å². The SMILES string of the molecule is CCCCCCCCCCCCCCCCCCCCCCn1c2ccccc2c2cc3sc4ccccc4c3cc21. The molecule has 0 atom stereocenters. The average Bonchev–Trinajstić information content (AvgIpc) is 3.53. The molecular weight excluding hydrogens is 527 g/mol. The van der Waals surface area contributed by atoms with Crippen LogP contribution in [0.5, 0.6) is 0 Å². The maximum absolute atomic E-state index is 2.60. The van der Waals surface area contributed by atoms with Crippen LogP contribution in [0.3, 0.4) is 0 Å². The van der Waals surface area contributed by atoms with Gasteiger partial charge < -0.3 is 4.57 Å². The third-order valence-electron chi connectivity index (χ3n) is 9.51. The molecule has 0 amide bonds. The van der Waals surface area contributed by atoms with E-state index in [0.717, 1.165) is 6.54 Å². The topological polar surface area (TPSA) is 4.93 Å². The van der Waals surface area contributed by atoms with Crippen LogP contribution in [0.4, 0.5) is 0 Å². The Labute approximate surface area is 259 Å². The van der Waals surface area contributed by atoms with Crippen molar-refractivity contribution < 1.29 is 0 Å². The van der Waals surface area contributed by atoms with Crippen LogP contribution in [0, 0.1) is 0 Å². The van der Waals surface area contributed by atoms with Crippen LogP contribution in [-0.4, -0.2) is 4.57 Å². The van der Waals surface area contributed by atoms with Gasteiger partial charge in [-0.25, -0.2) is 0 Å². The molecule has 0 saturated heterocycles. The van der Waals surface area contributed by atoms with Gasteiger partial charge in [-0.05, 0) is 30.7 Å². The summed E-state index contributed by atoms with van der Waals surface area (Å²) in [5.41, 5.74) is 2.80. The van der Waals surface area contributed by atoms with Gasteiger partial charge in [0.05, 0.1) is 0 Å². The standard InChI is InChI=1S/C40H55NS/c1-2-3-4-5-6-7-8-9-10-11-12-13-14-15-16-17-18-19-20-25-30-41-37-28-23-21-26-33(37)35-32-40-36(31-38(35)41)34-27-22-24-29-39(34)42-40/h21-24,26-29,31-32H,2-20,25,30H2,1H3. The number of rotatable bonds is 21. The number of benzene rings is 3. The van der Waals surface area contributed by atoms with E-state index in [2.05, 4.69) is 72.2 Å². The van der Waals surface area contributed by atoms with Crippen LogP contribution >= 0.6 is 11.3 Å². The Morgan fingerprint density at radius 1 is 0.429 bits per heavy atom. The lowest BCUT2D eigenvalue weighted by atomic mass is 10.0. The third kappa shape index (κ3) is 8.40. The smallest absolute Gasteiger partial charge is 0.0498 e. The van der Waals surface area contributed by atoms with Crippen molar-refractivity contribution in [3.8, 4) is 0 Å². The lowest BCUT2D eigenvalue weighted by Gasteiger charge is -2.08. The zero-order valence-electron chi connectivity index (χ0n) is 26.5. The summed E-state index contributed by atoms with van der Waals surface area (Å²) in [6, 6.07) is 22.8. The monoisotopic (exact) mass is 581 g/mol. The molecule has 0 unspecified atom stereocenters. The summed E-state index contributed by atoms with van der Waals surface area (Å²) in [4.78, 5) is 0. The van der Waals surface area contributed by atoms with Crippen molar-refractivity contribution in [3.63, 3.8) is 0 Å². The molecule has 1 nitrogen and oxygen atoms in total. The van der Waals surface area contributed by atoms with Crippen molar-refractivity contribution in [2.75, 3.05) is 0 Å². The van der Waals surface area contributed by atoms with E-state index in [9.17, 15) is 0 Å². The zero-order chi connectivity index (χ0) is 28.8. The molecule has 2 aromatic heterocycles. The molecule has 42 heavy (non-hydrogen) atoms. The van der Waals surface area contributed by atoms with E-state index >= 15 is 0 Å².